The Labute approximate surface area is 124 Å². The molecule has 0 aromatic heterocycles. The largest absolute Gasteiger partial charge is 0.465 e. The summed E-state index contributed by atoms with van der Waals surface area (Å²) < 4.78 is 10.2. The van der Waals surface area contributed by atoms with Gasteiger partial charge in [0.05, 0.1) is 6.61 Å². The minimum atomic E-state index is -0.712. The SMILES string of the molecule is CCOC(=O)C1(COC(C)=O)CN(Cc2ccccc2)C1. The quantitative estimate of drug-likeness (QED) is 0.745. The second kappa shape index (κ2) is 6.72. The van der Waals surface area contributed by atoms with E-state index >= 15 is 0 Å². The van der Waals surface area contributed by atoms with Gasteiger partial charge in [0, 0.05) is 26.6 Å². The molecule has 1 saturated heterocycles. The van der Waals surface area contributed by atoms with Crippen molar-refractivity contribution in [1.82, 2.24) is 4.90 Å². The highest BCUT2D eigenvalue weighted by molar-refractivity contribution is 5.79. The molecule has 5 nitrogen and oxygen atoms in total. The average Bonchev–Trinajstić information content (AvgIpc) is 2.42. The molecule has 114 valence electrons. The van der Waals surface area contributed by atoms with Crippen molar-refractivity contribution in [2.45, 2.75) is 20.4 Å². The lowest BCUT2D eigenvalue weighted by Crippen LogP contribution is -2.62. The molecule has 0 aliphatic carbocycles. The fraction of sp³-hybridized carbons (Fsp3) is 0.500. The molecule has 1 heterocycles. The first-order valence-corrected chi connectivity index (χ1v) is 7.12. The smallest absolute Gasteiger partial charge is 0.318 e. The Kier molecular flexibility index (Phi) is 4.96. The van der Waals surface area contributed by atoms with Gasteiger partial charge in [-0.2, -0.15) is 0 Å². The van der Waals surface area contributed by atoms with Gasteiger partial charge in [-0.1, -0.05) is 30.3 Å². The van der Waals surface area contributed by atoms with E-state index < -0.39 is 5.41 Å². The Morgan fingerprint density at radius 2 is 1.86 bits per heavy atom. The number of esters is 2. The highest BCUT2D eigenvalue weighted by atomic mass is 16.6. The van der Waals surface area contributed by atoms with E-state index in [-0.39, 0.29) is 18.5 Å². The van der Waals surface area contributed by atoms with Crippen LogP contribution < -0.4 is 0 Å². The van der Waals surface area contributed by atoms with Gasteiger partial charge in [0.25, 0.3) is 0 Å². The summed E-state index contributed by atoms with van der Waals surface area (Å²) in [4.78, 5) is 25.3. The summed E-state index contributed by atoms with van der Waals surface area (Å²) in [5.41, 5.74) is 0.485. The zero-order valence-corrected chi connectivity index (χ0v) is 12.5. The first kappa shape index (κ1) is 15.5. The van der Waals surface area contributed by atoms with E-state index in [1.165, 1.54) is 12.5 Å². The molecule has 0 spiro atoms. The van der Waals surface area contributed by atoms with Gasteiger partial charge in [-0.05, 0) is 12.5 Å². The Bertz CT molecular complexity index is 494. The number of carbonyl (C=O) groups excluding carboxylic acids is 2. The fourth-order valence-electron chi connectivity index (χ4n) is 2.57. The van der Waals surface area contributed by atoms with Gasteiger partial charge in [0.15, 0.2) is 0 Å². The molecule has 1 fully saturated rings. The van der Waals surface area contributed by atoms with Crippen LogP contribution in [-0.2, 0) is 25.6 Å². The zero-order valence-electron chi connectivity index (χ0n) is 12.5. The number of carbonyl (C=O) groups is 2. The monoisotopic (exact) mass is 291 g/mol. The van der Waals surface area contributed by atoms with Crippen LogP contribution in [0.1, 0.15) is 19.4 Å². The predicted molar refractivity (Wildman–Crippen MR) is 77.4 cm³/mol. The maximum Gasteiger partial charge on any atom is 0.318 e. The molecule has 1 aromatic carbocycles. The Balaban J connectivity index is 1.95. The number of hydrogen-bond acceptors (Lipinski definition) is 5. The van der Waals surface area contributed by atoms with Crippen LogP contribution in [0.3, 0.4) is 0 Å². The van der Waals surface area contributed by atoms with Crippen LogP contribution >= 0.6 is 0 Å². The molecular weight excluding hydrogens is 270 g/mol. The molecule has 0 unspecified atom stereocenters. The summed E-state index contributed by atoms with van der Waals surface area (Å²) in [6.07, 6.45) is 0. The van der Waals surface area contributed by atoms with E-state index in [9.17, 15) is 9.59 Å². The van der Waals surface area contributed by atoms with Crippen LogP contribution in [0, 0.1) is 5.41 Å². The lowest BCUT2D eigenvalue weighted by Gasteiger charge is -2.47. The molecule has 5 heteroatoms. The molecule has 21 heavy (non-hydrogen) atoms. The van der Waals surface area contributed by atoms with Crippen molar-refractivity contribution in [2.24, 2.45) is 5.41 Å². The Morgan fingerprint density at radius 1 is 1.19 bits per heavy atom. The third-order valence-corrected chi connectivity index (χ3v) is 3.56. The summed E-state index contributed by atoms with van der Waals surface area (Å²) in [5.74, 6) is -0.657. The second-order valence-electron chi connectivity index (χ2n) is 5.41. The third-order valence-electron chi connectivity index (χ3n) is 3.56. The van der Waals surface area contributed by atoms with Crippen LogP contribution in [0.25, 0.3) is 0 Å². The molecule has 0 radical (unpaired) electrons. The molecule has 0 bridgehead atoms. The average molecular weight is 291 g/mol. The summed E-state index contributed by atoms with van der Waals surface area (Å²) in [6, 6.07) is 10.1. The lowest BCUT2D eigenvalue weighted by molar-refractivity contribution is -0.177. The summed E-state index contributed by atoms with van der Waals surface area (Å²) in [7, 11) is 0. The topological polar surface area (TPSA) is 55.8 Å². The van der Waals surface area contributed by atoms with Crippen molar-refractivity contribution in [1.29, 1.82) is 0 Å². The maximum atomic E-state index is 12.1. The van der Waals surface area contributed by atoms with Gasteiger partial charge >= 0.3 is 11.9 Å². The fourth-order valence-corrected chi connectivity index (χ4v) is 2.57. The van der Waals surface area contributed by atoms with Gasteiger partial charge in [0.1, 0.15) is 12.0 Å². The molecule has 2 rings (SSSR count). The normalized spacial score (nSPS) is 16.9. The highest BCUT2D eigenvalue weighted by Gasteiger charge is 2.51. The van der Waals surface area contributed by atoms with Crippen LogP contribution in [0.5, 0.6) is 0 Å². The van der Waals surface area contributed by atoms with E-state index in [1.54, 1.807) is 6.92 Å². The molecule has 1 aliphatic rings. The van der Waals surface area contributed by atoms with E-state index in [1.807, 2.05) is 18.2 Å². The van der Waals surface area contributed by atoms with Crippen molar-refractivity contribution in [3.63, 3.8) is 0 Å². The minimum Gasteiger partial charge on any atom is -0.465 e. The zero-order chi connectivity index (χ0) is 15.3. The molecule has 0 N–H and O–H groups in total. The maximum absolute atomic E-state index is 12.1. The van der Waals surface area contributed by atoms with Crippen LogP contribution in [0.4, 0.5) is 0 Å². The number of ether oxygens (including phenoxy) is 2. The molecule has 0 saturated carbocycles. The number of hydrogen-bond donors (Lipinski definition) is 0. The third kappa shape index (κ3) is 3.82. The predicted octanol–water partition coefficient (Wildman–Crippen LogP) is 1.61. The summed E-state index contributed by atoms with van der Waals surface area (Å²) >= 11 is 0. The molecule has 1 aromatic rings. The molecule has 0 atom stereocenters. The number of rotatable bonds is 6. The molecular formula is C16H21NO4. The second-order valence-corrected chi connectivity index (χ2v) is 5.41. The number of nitrogens with zero attached hydrogens (tertiary/aromatic N) is 1. The van der Waals surface area contributed by atoms with Crippen molar-refractivity contribution in [3.05, 3.63) is 35.9 Å². The van der Waals surface area contributed by atoms with E-state index in [4.69, 9.17) is 9.47 Å². The van der Waals surface area contributed by atoms with Gasteiger partial charge < -0.3 is 9.47 Å². The van der Waals surface area contributed by atoms with E-state index in [0.717, 1.165) is 6.54 Å². The molecule has 0 amide bonds. The van der Waals surface area contributed by atoms with Crippen molar-refractivity contribution in [2.75, 3.05) is 26.3 Å². The Morgan fingerprint density at radius 3 is 2.43 bits per heavy atom. The highest BCUT2D eigenvalue weighted by Crippen LogP contribution is 2.33. The summed E-state index contributed by atoms with van der Waals surface area (Å²) in [6.45, 7) is 5.42. The minimum absolute atomic E-state index is 0.0897. The van der Waals surface area contributed by atoms with Gasteiger partial charge in [-0.25, -0.2) is 0 Å². The molecule has 1 aliphatic heterocycles. The Hall–Kier alpha value is -1.88. The van der Waals surface area contributed by atoms with Crippen LogP contribution in [0.2, 0.25) is 0 Å². The number of likely N-dealkylation sites (tertiary alicyclic amines) is 1. The van der Waals surface area contributed by atoms with Gasteiger partial charge in [-0.15, -0.1) is 0 Å². The number of benzene rings is 1. The van der Waals surface area contributed by atoms with Crippen molar-refractivity contribution >= 4 is 11.9 Å². The van der Waals surface area contributed by atoms with Crippen LogP contribution in [-0.4, -0.2) is 43.1 Å². The van der Waals surface area contributed by atoms with Crippen LogP contribution in [0.15, 0.2) is 30.3 Å². The van der Waals surface area contributed by atoms with Gasteiger partial charge in [-0.3, -0.25) is 14.5 Å². The van der Waals surface area contributed by atoms with E-state index in [0.29, 0.717) is 19.7 Å². The standard InChI is InChI=1S/C16H21NO4/c1-3-20-15(19)16(12-21-13(2)18)10-17(11-16)9-14-7-5-4-6-8-14/h4-8H,3,9-12H2,1-2H3. The van der Waals surface area contributed by atoms with Crippen molar-refractivity contribution in [3.8, 4) is 0 Å². The summed E-state index contributed by atoms with van der Waals surface area (Å²) in [5, 5.41) is 0. The first-order valence-electron chi connectivity index (χ1n) is 7.12. The van der Waals surface area contributed by atoms with Gasteiger partial charge in [0.2, 0.25) is 0 Å². The lowest BCUT2D eigenvalue weighted by atomic mass is 9.80. The first-order chi connectivity index (χ1) is 10.1. The van der Waals surface area contributed by atoms with E-state index in [2.05, 4.69) is 17.0 Å². The van der Waals surface area contributed by atoms with Crippen molar-refractivity contribution < 1.29 is 19.1 Å².